The number of rotatable bonds is 3. The lowest BCUT2D eigenvalue weighted by Crippen LogP contribution is -2.26. The van der Waals surface area contributed by atoms with Gasteiger partial charge in [-0.15, -0.1) is 0 Å². The predicted molar refractivity (Wildman–Crippen MR) is 56.5 cm³/mol. The minimum atomic E-state index is -0.603. The smallest absolute Gasteiger partial charge is 0.343 e. The fraction of sp³-hybridized carbons (Fsp3) is 0.455. The Kier molecular flexibility index (Phi) is 2.78. The van der Waals surface area contributed by atoms with Crippen LogP contribution < -0.4 is 5.56 Å². The summed E-state index contributed by atoms with van der Waals surface area (Å²) in [6, 6.07) is 3.18. The molecule has 1 saturated carbocycles. The Morgan fingerprint density at radius 1 is 1.50 bits per heavy atom. The molecule has 0 saturated heterocycles. The first kappa shape index (κ1) is 10.9. The summed E-state index contributed by atoms with van der Waals surface area (Å²) in [7, 11) is 2.87. The number of nitrogens with zero attached hydrogens (tertiary/aromatic N) is 1. The van der Waals surface area contributed by atoms with Gasteiger partial charge in [-0.25, -0.2) is 4.79 Å². The van der Waals surface area contributed by atoms with Gasteiger partial charge in [-0.1, -0.05) is 0 Å². The quantitative estimate of drug-likeness (QED) is 0.704. The molecule has 86 valence electrons. The zero-order valence-electron chi connectivity index (χ0n) is 9.17. The second-order valence-corrected chi connectivity index (χ2v) is 3.70. The summed E-state index contributed by atoms with van der Waals surface area (Å²) in [6.45, 7) is 0. The maximum atomic E-state index is 11.9. The molecule has 0 N–H and O–H groups in total. The molecule has 0 spiro atoms. The largest absolute Gasteiger partial charge is 0.465 e. The van der Waals surface area contributed by atoms with Gasteiger partial charge in [0, 0.05) is 13.3 Å². The third kappa shape index (κ3) is 1.74. The Labute approximate surface area is 92.6 Å². The molecule has 0 amide bonds. The zero-order valence-corrected chi connectivity index (χ0v) is 9.17. The van der Waals surface area contributed by atoms with Crippen LogP contribution in [0.25, 0.3) is 0 Å². The molecule has 1 aliphatic rings. The second kappa shape index (κ2) is 4.09. The minimum Gasteiger partial charge on any atom is -0.465 e. The van der Waals surface area contributed by atoms with Gasteiger partial charge in [0.25, 0.3) is 5.56 Å². The molecule has 2 rings (SSSR count). The summed E-state index contributed by atoms with van der Waals surface area (Å²) < 4.78 is 11.2. The Bertz CT molecular complexity index is 465. The molecular weight excluding hydrogens is 210 g/mol. The molecule has 16 heavy (non-hydrogen) atoms. The summed E-state index contributed by atoms with van der Waals surface area (Å²) in [6.07, 6.45) is 2.55. The van der Waals surface area contributed by atoms with Crippen LogP contribution in [-0.4, -0.2) is 30.9 Å². The van der Waals surface area contributed by atoms with Gasteiger partial charge < -0.3 is 14.0 Å². The molecular formula is C11H13NO4. The van der Waals surface area contributed by atoms with E-state index < -0.39 is 5.97 Å². The number of methoxy groups -OCH3 is 2. The van der Waals surface area contributed by atoms with Crippen LogP contribution in [0, 0.1) is 0 Å². The molecule has 1 heterocycles. The molecule has 0 aliphatic heterocycles. The summed E-state index contributed by atoms with van der Waals surface area (Å²) in [5.41, 5.74) is -0.259. The number of carbonyl (C=O) groups excluding carboxylic acids is 1. The third-order valence-corrected chi connectivity index (χ3v) is 2.74. The normalized spacial score (nSPS) is 22.9. The standard InChI is InChI=1S/C11H13NO4/c1-15-9-6-8(9)12-5-3-4-7(10(12)13)11(14)16-2/h3-5,8-9H,6H2,1-2H3/t8?,9-/m0/s1. The van der Waals surface area contributed by atoms with E-state index in [0.717, 1.165) is 6.42 Å². The Hall–Kier alpha value is -1.62. The Balaban J connectivity index is 2.35. The van der Waals surface area contributed by atoms with Crippen molar-refractivity contribution in [3.05, 3.63) is 34.2 Å². The molecule has 5 nitrogen and oxygen atoms in total. The van der Waals surface area contributed by atoms with E-state index in [9.17, 15) is 9.59 Å². The van der Waals surface area contributed by atoms with Crippen molar-refractivity contribution in [3.8, 4) is 0 Å². The third-order valence-electron chi connectivity index (χ3n) is 2.74. The first-order valence-electron chi connectivity index (χ1n) is 5.01. The van der Waals surface area contributed by atoms with E-state index in [0.29, 0.717) is 0 Å². The summed E-state index contributed by atoms with van der Waals surface area (Å²) in [5.74, 6) is -0.603. The average Bonchev–Trinajstić information content (AvgIpc) is 3.07. The maximum Gasteiger partial charge on any atom is 0.343 e. The first-order chi connectivity index (χ1) is 7.69. The maximum absolute atomic E-state index is 11.9. The minimum absolute atomic E-state index is 0.0436. The highest BCUT2D eigenvalue weighted by Crippen LogP contribution is 2.36. The Morgan fingerprint density at radius 3 is 2.81 bits per heavy atom. The Morgan fingerprint density at radius 2 is 2.25 bits per heavy atom. The van der Waals surface area contributed by atoms with Crippen molar-refractivity contribution in [3.63, 3.8) is 0 Å². The summed E-state index contributed by atoms with van der Waals surface area (Å²) >= 11 is 0. The molecule has 1 aromatic heterocycles. The number of esters is 1. The topological polar surface area (TPSA) is 57.5 Å². The molecule has 0 aromatic carbocycles. The number of hydrogen-bond acceptors (Lipinski definition) is 4. The number of ether oxygens (including phenoxy) is 2. The zero-order chi connectivity index (χ0) is 11.7. The van der Waals surface area contributed by atoms with Gasteiger partial charge in [0.05, 0.1) is 19.3 Å². The van der Waals surface area contributed by atoms with Crippen LogP contribution in [0.1, 0.15) is 22.8 Å². The highest BCUT2D eigenvalue weighted by Gasteiger charge is 2.40. The van der Waals surface area contributed by atoms with E-state index in [4.69, 9.17) is 4.74 Å². The number of carbonyl (C=O) groups is 1. The van der Waals surface area contributed by atoms with Crippen molar-refractivity contribution in [2.24, 2.45) is 0 Å². The first-order valence-corrected chi connectivity index (χ1v) is 5.01. The van der Waals surface area contributed by atoms with Gasteiger partial charge in [-0.05, 0) is 18.6 Å². The molecule has 0 bridgehead atoms. The van der Waals surface area contributed by atoms with E-state index in [1.807, 2.05) is 0 Å². The van der Waals surface area contributed by atoms with Gasteiger partial charge in [0.15, 0.2) is 0 Å². The van der Waals surface area contributed by atoms with Crippen molar-refractivity contribution >= 4 is 5.97 Å². The van der Waals surface area contributed by atoms with Crippen LogP contribution >= 0.6 is 0 Å². The van der Waals surface area contributed by atoms with Crippen LogP contribution in [0.4, 0.5) is 0 Å². The SMILES string of the molecule is COC(=O)c1cccn(C2C[C@@H]2OC)c1=O. The molecule has 1 aromatic rings. The van der Waals surface area contributed by atoms with Crippen LogP contribution in [0.15, 0.2) is 23.1 Å². The molecule has 0 radical (unpaired) electrons. The molecule has 2 atom stereocenters. The van der Waals surface area contributed by atoms with Crippen molar-refractivity contribution in [2.75, 3.05) is 14.2 Å². The van der Waals surface area contributed by atoms with Gasteiger partial charge in [-0.2, -0.15) is 0 Å². The highest BCUT2D eigenvalue weighted by molar-refractivity contribution is 5.88. The second-order valence-electron chi connectivity index (χ2n) is 3.70. The monoisotopic (exact) mass is 223 g/mol. The van der Waals surface area contributed by atoms with Gasteiger partial charge in [-0.3, -0.25) is 4.79 Å². The fourth-order valence-electron chi connectivity index (χ4n) is 1.74. The van der Waals surface area contributed by atoms with Crippen molar-refractivity contribution in [2.45, 2.75) is 18.6 Å². The van der Waals surface area contributed by atoms with E-state index in [1.54, 1.807) is 19.4 Å². The van der Waals surface area contributed by atoms with E-state index in [-0.39, 0.29) is 23.3 Å². The number of hydrogen-bond donors (Lipinski definition) is 0. The van der Waals surface area contributed by atoms with Gasteiger partial charge >= 0.3 is 5.97 Å². The van der Waals surface area contributed by atoms with Gasteiger partial charge in [0.2, 0.25) is 0 Å². The van der Waals surface area contributed by atoms with E-state index in [2.05, 4.69) is 4.74 Å². The van der Waals surface area contributed by atoms with Crippen molar-refractivity contribution in [1.29, 1.82) is 0 Å². The fourth-order valence-corrected chi connectivity index (χ4v) is 1.74. The average molecular weight is 223 g/mol. The summed E-state index contributed by atoms with van der Waals surface area (Å²) in [4.78, 5) is 23.2. The van der Waals surface area contributed by atoms with Crippen LogP contribution in [0.2, 0.25) is 0 Å². The molecule has 1 fully saturated rings. The van der Waals surface area contributed by atoms with Crippen LogP contribution in [0.3, 0.4) is 0 Å². The number of aromatic nitrogens is 1. The highest BCUT2D eigenvalue weighted by atomic mass is 16.5. The van der Waals surface area contributed by atoms with Crippen molar-refractivity contribution < 1.29 is 14.3 Å². The van der Waals surface area contributed by atoms with Crippen LogP contribution in [-0.2, 0) is 9.47 Å². The van der Waals surface area contributed by atoms with Crippen molar-refractivity contribution in [1.82, 2.24) is 4.57 Å². The molecule has 5 heteroatoms. The van der Waals surface area contributed by atoms with Crippen LogP contribution in [0.5, 0.6) is 0 Å². The van der Waals surface area contributed by atoms with E-state index >= 15 is 0 Å². The number of pyridine rings is 1. The lowest BCUT2D eigenvalue weighted by molar-refractivity contribution is 0.0597. The molecule has 1 unspecified atom stereocenters. The lowest BCUT2D eigenvalue weighted by Gasteiger charge is -2.06. The predicted octanol–water partition coefficient (Wildman–Crippen LogP) is 0.595. The van der Waals surface area contributed by atoms with Gasteiger partial charge in [0.1, 0.15) is 5.56 Å². The lowest BCUT2D eigenvalue weighted by atomic mass is 10.3. The molecule has 1 aliphatic carbocycles. The van der Waals surface area contributed by atoms with E-state index in [1.165, 1.54) is 17.7 Å². The summed E-state index contributed by atoms with van der Waals surface area (Å²) in [5, 5.41) is 0.